The van der Waals surface area contributed by atoms with E-state index in [9.17, 15) is 4.79 Å². The number of carbonyl (C=O) groups excluding carboxylic acids is 1. The second-order valence-electron chi connectivity index (χ2n) is 8.39. The van der Waals surface area contributed by atoms with E-state index in [1.54, 1.807) is 0 Å². The predicted octanol–water partition coefficient (Wildman–Crippen LogP) is 2.42. The van der Waals surface area contributed by atoms with Crippen LogP contribution in [0.4, 0.5) is 0 Å². The van der Waals surface area contributed by atoms with Crippen LogP contribution in [-0.2, 0) is 0 Å². The van der Waals surface area contributed by atoms with Crippen molar-refractivity contribution in [1.29, 1.82) is 0 Å². The molecule has 25 heavy (non-hydrogen) atoms. The van der Waals surface area contributed by atoms with Crippen molar-refractivity contribution in [3.8, 4) is 0 Å². The highest BCUT2D eigenvalue weighted by Crippen LogP contribution is 2.38. The van der Waals surface area contributed by atoms with E-state index >= 15 is 0 Å². The first kappa shape index (κ1) is 17.1. The van der Waals surface area contributed by atoms with Crippen LogP contribution in [-0.4, -0.2) is 76.4 Å². The Kier molecular flexibility index (Phi) is 4.87. The molecule has 3 aliphatic heterocycles. The number of aromatic nitrogens is 1. The number of hydrogen-bond acceptors (Lipinski definition) is 3. The molecule has 0 saturated carbocycles. The van der Waals surface area contributed by atoms with E-state index in [2.05, 4.69) is 33.5 Å². The molecule has 1 aromatic rings. The van der Waals surface area contributed by atoms with Crippen molar-refractivity contribution in [2.75, 3.05) is 32.7 Å². The minimum Gasteiger partial charge on any atom is -0.357 e. The number of nitrogens with zero attached hydrogens (tertiary/aromatic N) is 3. The molecule has 0 bridgehead atoms. The summed E-state index contributed by atoms with van der Waals surface area (Å²) < 4.78 is 0. The van der Waals surface area contributed by atoms with Gasteiger partial charge in [0.2, 0.25) is 0 Å². The third-order valence-corrected chi connectivity index (χ3v) is 6.45. The van der Waals surface area contributed by atoms with E-state index in [1.807, 2.05) is 18.3 Å². The molecule has 0 radical (unpaired) electrons. The van der Waals surface area contributed by atoms with Gasteiger partial charge in [-0.2, -0.15) is 0 Å². The fourth-order valence-electron chi connectivity index (χ4n) is 5.44. The third kappa shape index (κ3) is 3.36. The summed E-state index contributed by atoms with van der Waals surface area (Å²) in [5.74, 6) is 0.796. The molecule has 3 atom stereocenters. The molecule has 138 valence electrons. The van der Waals surface area contributed by atoms with Gasteiger partial charge in [0.15, 0.2) is 0 Å². The molecular formula is C20H32N4O. The van der Waals surface area contributed by atoms with Crippen molar-refractivity contribution in [1.82, 2.24) is 19.7 Å². The lowest BCUT2D eigenvalue weighted by atomic mass is 9.91. The molecule has 1 amide bonds. The predicted molar refractivity (Wildman–Crippen MR) is 99.6 cm³/mol. The van der Waals surface area contributed by atoms with Crippen molar-refractivity contribution in [2.45, 2.75) is 57.7 Å². The highest BCUT2D eigenvalue weighted by atomic mass is 16.2. The SMILES string of the molecule is CC(C)N1C2CCN(C(=O)c3ccc[nH]3)CC2C[C@H]1CN1CCCC1. The number of aromatic amines is 1. The summed E-state index contributed by atoms with van der Waals surface area (Å²) in [5, 5.41) is 0. The van der Waals surface area contributed by atoms with Gasteiger partial charge >= 0.3 is 0 Å². The highest BCUT2D eigenvalue weighted by Gasteiger charge is 2.46. The molecule has 3 aliphatic rings. The van der Waals surface area contributed by atoms with Gasteiger partial charge in [-0.1, -0.05) is 0 Å². The zero-order valence-electron chi connectivity index (χ0n) is 15.7. The number of H-pyrrole nitrogens is 1. The maximum absolute atomic E-state index is 12.7. The van der Waals surface area contributed by atoms with Crippen LogP contribution in [0.2, 0.25) is 0 Å². The van der Waals surface area contributed by atoms with Crippen LogP contribution < -0.4 is 0 Å². The summed E-state index contributed by atoms with van der Waals surface area (Å²) in [4.78, 5) is 23.3. The molecule has 1 aromatic heterocycles. The van der Waals surface area contributed by atoms with Crippen molar-refractivity contribution < 1.29 is 4.79 Å². The Morgan fingerprint density at radius 1 is 1.28 bits per heavy atom. The molecule has 1 N–H and O–H groups in total. The molecule has 0 aromatic carbocycles. The fraction of sp³-hybridized carbons (Fsp3) is 0.750. The average Bonchev–Trinajstić information content (AvgIpc) is 3.34. The van der Waals surface area contributed by atoms with Crippen molar-refractivity contribution >= 4 is 5.91 Å². The minimum atomic E-state index is 0.169. The molecule has 4 heterocycles. The number of likely N-dealkylation sites (tertiary alicyclic amines) is 3. The van der Waals surface area contributed by atoms with Crippen LogP contribution in [0.1, 0.15) is 50.0 Å². The summed E-state index contributed by atoms with van der Waals surface area (Å²) in [6, 6.07) is 5.70. The third-order valence-electron chi connectivity index (χ3n) is 6.45. The topological polar surface area (TPSA) is 42.6 Å². The molecule has 3 fully saturated rings. The summed E-state index contributed by atoms with van der Waals surface area (Å²) in [5.41, 5.74) is 0.728. The lowest BCUT2D eigenvalue weighted by Crippen LogP contribution is -2.51. The van der Waals surface area contributed by atoms with Crippen LogP contribution in [0, 0.1) is 5.92 Å². The molecule has 3 saturated heterocycles. The highest BCUT2D eigenvalue weighted by molar-refractivity contribution is 5.92. The van der Waals surface area contributed by atoms with Gasteiger partial charge in [-0.3, -0.25) is 9.69 Å². The molecule has 4 rings (SSSR count). The summed E-state index contributed by atoms with van der Waals surface area (Å²) in [6.07, 6.45) is 6.92. The first-order valence-corrected chi connectivity index (χ1v) is 10.1. The van der Waals surface area contributed by atoms with Gasteiger partial charge in [0.1, 0.15) is 5.69 Å². The van der Waals surface area contributed by atoms with E-state index in [0.717, 1.165) is 25.2 Å². The Labute approximate surface area is 151 Å². The van der Waals surface area contributed by atoms with Gasteiger partial charge < -0.3 is 14.8 Å². The van der Waals surface area contributed by atoms with Gasteiger partial charge in [-0.15, -0.1) is 0 Å². The van der Waals surface area contributed by atoms with Gasteiger partial charge in [-0.05, 0) is 70.7 Å². The number of piperidine rings is 1. The quantitative estimate of drug-likeness (QED) is 0.912. The molecule has 5 heteroatoms. The smallest absolute Gasteiger partial charge is 0.270 e. The van der Waals surface area contributed by atoms with Crippen LogP contribution >= 0.6 is 0 Å². The standard InChI is InChI=1S/C20H32N4O/c1-15(2)24-17(14-22-9-3-4-10-22)12-16-13-23(11-7-19(16)24)20(25)18-6-5-8-21-18/h5-6,8,15-17,19,21H,3-4,7,9-14H2,1-2H3/t16?,17-,19?/m0/s1. The Morgan fingerprint density at radius 2 is 2.08 bits per heavy atom. The first-order valence-electron chi connectivity index (χ1n) is 10.1. The van der Waals surface area contributed by atoms with E-state index in [-0.39, 0.29) is 5.91 Å². The number of hydrogen-bond donors (Lipinski definition) is 1. The normalized spacial score (nSPS) is 31.0. The molecule has 5 nitrogen and oxygen atoms in total. The second-order valence-corrected chi connectivity index (χ2v) is 8.39. The van der Waals surface area contributed by atoms with E-state index in [0.29, 0.717) is 24.0 Å². The summed E-state index contributed by atoms with van der Waals surface area (Å²) in [6.45, 7) is 10.3. The zero-order valence-corrected chi connectivity index (χ0v) is 15.7. The first-order chi connectivity index (χ1) is 12.1. The molecule has 0 spiro atoms. The zero-order chi connectivity index (χ0) is 17.4. The maximum Gasteiger partial charge on any atom is 0.270 e. The van der Waals surface area contributed by atoms with Crippen LogP contribution in [0.5, 0.6) is 0 Å². The van der Waals surface area contributed by atoms with Crippen molar-refractivity contribution in [3.05, 3.63) is 24.0 Å². The van der Waals surface area contributed by atoms with E-state index in [4.69, 9.17) is 0 Å². The van der Waals surface area contributed by atoms with E-state index < -0.39 is 0 Å². The summed E-state index contributed by atoms with van der Waals surface area (Å²) >= 11 is 0. The van der Waals surface area contributed by atoms with Crippen LogP contribution in [0.25, 0.3) is 0 Å². The van der Waals surface area contributed by atoms with Gasteiger partial charge in [-0.25, -0.2) is 0 Å². The summed E-state index contributed by atoms with van der Waals surface area (Å²) in [7, 11) is 0. The number of nitrogens with one attached hydrogen (secondary N) is 1. The maximum atomic E-state index is 12.7. The average molecular weight is 345 g/mol. The van der Waals surface area contributed by atoms with Crippen molar-refractivity contribution in [3.63, 3.8) is 0 Å². The number of carbonyl (C=O) groups is 1. The number of amides is 1. The fourth-order valence-corrected chi connectivity index (χ4v) is 5.44. The van der Waals surface area contributed by atoms with Crippen LogP contribution in [0.3, 0.4) is 0 Å². The molecular weight excluding hydrogens is 312 g/mol. The van der Waals surface area contributed by atoms with Gasteiger partial charge in [0.05, 0.1) is 0 Å². The Bertz CT molecular complexity index is 579. The second kappa shape index (κ2) is 7.12. The Balaban J connectivity index is 1.44. The van der Waals surface area contributed by atoms with Crippen molar-refractivity contribution in [2.24, 2.45) is 5.92 Å². The number of rotatable bonds is 4. The monoisotopic (exact) mass is 344 g/mol. The Hall–Kier alpha value is -1.33. The molecule has 0 aliphatic carbocycles. The van der Waals surface area contributed by atoms with E-state index in [1.165, 1.54) is 38.9 Å². The van der Waals surface area contributed by atoms with Gasteiger partial charge in [0.25, 0.3) is 5.91 Å². The van der Waals surface area contributed by atoms with Crippen LogP contribution in [0.15, 0.2) is 18.3 Å². The molecule has 2 unspecified atom stereocenters. The minimum absolute atomic E-state index is 0.169. The van der Waals surface area contributed by atoms with Gasteiger partial charge in [0, 0.05) is 44.0 Å². The lowest BCUT2D eigenvalue weighted by Gasteiger charge is -2.40. The largest absolute Gasteiger partial charge is 0.357 e. The number of fused-ring (bicyclic) bond motifs is 1. The Morgan fingerprint density at radius 3 is 2.76 bits per heavy atom. The lowest BCUT2D eigenvalue weighted by molar-refractivity contribution is 0.0512.